The molecule has 130 valence electrons. The van der Waals surface area contributed by atoms with Gasteiger partial charge in [-0.25, -0.2) is 0 Å². The van der Waals surface area contributed by atoms with Crippen LogP contribution < -0.4 is 0 Å². The number of hydrogen-bond acceptors (Lipinski definition) is 7. The first-order valence-corrected chi connectivity index (χ1v) is 8.65. The molecule has 0 fully saturated rings. The molecule has 0 saturated carbocycles. The van der Waals surface area contributed by atoms with Crippen LogP contribution in [-0.2, 0) is 6.54 Å². The van der Waals surface area contributed by atoms with Gasteiger partial charge in [0.1, 0.15) is 0 Å². The SMILES string of the molecule is Cc1ccsc1CN(C)[C@@H](C)c1nnc(-c2ccc([N+](=O)[O-])cc2)o1. The second-order valence-electron chi connectivity index (χ2n) is 5.87. The van der Waals surface area contributed by atoms with E-state index in [1.165, 1.54) is 22.6 Å². The van der Waals surface area contributed by atoms with E-state index >= 15 is 0 Å². The summed E-state index contributed by atoms with van der Waals surface area (Å²) in [5, 5.41) is 21.0. The summed E-state index contributed by atoms with van der Waals surface area (Å²) in [4.78, 5) is 13.7. The maximum atomic E-state index is 10.7. The monoisotopic (exact) mass is 358 g/mol. The van der Waals surface area contributed by atoms with Gasteiger partial charge in [0, 0.05) is 29.1 Å². The van der Waals surface area contributed by atoms with Gasteiger partial charge >= 0.3 is 0 Å². The summed E-state index contributed by atoms with van der Waals surface area (Å²) in [6.45, 7) is 4.92. The fourth-order valence-electron chi connectivity index (χ4n) is 2.36. The highest BCUT2D eigenvalue weighted by atomic mass is 32.1. The number of rotatable bonds is 6. The fourth-order valence-corrected chi connectivity index (χ4v) is 3.33. The van der Waals surface area contributed by atoms with E-state index in [0.717, 1.165) is 6.54 Å². The molecule has 2 aromatic heterocycles. The second kappa shape index (κ2) is 7.12. The largest absolute Gasteiger partial charge is 0.419 e. The Balaban J connectivity index is 1.73. The van der Waals surface area contributed by atoms with Gasteiger partial charge in [0.2, 0.25) is 11.8 Å². The van der Waals surface area contributed by atoms with Gasteiger partial charge < -0.3 is 4.42 Å². The molecule has 3 aromatic rings. The van der Waals surface area contributed by atoms with Crippen LogP contribution in [0.1, 0.15) is 29.3 Å². The molecule has 0 saturated heterocycles. The molecule has 25 heavy (non-hydrogen) atoms. The van der Waals surface area contributed by atoms with Crippen LogP contribution in [0.2, 0.25) is 0 Å². The lowest BCUT2D eigenvalue weighted by molar-refractivity contribution is -0.384. The summed E-state index contributed by atoms with van der Waals surface area (Å²) in [7, 11) is 2.01. The van der Waals surface area contributed by atoms with Gasteiger partial charge in [-0.05, 0) is 50.0 Å². The van der Waals surface area contributed by atoms with Crippen LogP contribution in [0, 0.1) is 17.0 Å². The molecule has 0 bridgehead atoms. The van der Waals surface area contributed by atoms with E-state index in [4.69, 9.17) is 4.42 Å². The molecule has 3 rings (SSSR count). The molecule has 0 amide bonds. The lowest BCUT2D eigenvalue weighted by Crippen LogP contribution is -2.22. The standard InChI is InChI=1S/C17H18N4O3S/c1-11-8-9-25-15(11)10-20(3)12(2)16-18-19-17(24-16)13-4-6-14(7-5-13)21(22)23/h4-9,12H,10H2,1-3H3/t12-/m0/s1. The van der Waals surface area contributed by atoms with Gasteiger partial charge in [0.15, 0.2) is 0 Å². The molecule has 0 N–H and O–H groups in total. The van der Waals surface area contributed by atoms with E-state index in [1.54, 1.807) is 23.5 Å². The molecule has 0 spiro atoms. The number of nitrogens with zero attached hydrogens (tertiary/aromatic N) is 4. The molecular formula is C17H18N4O3S. The van der Waals surface area contributed by atoms with Crippen LogP contribution in [0.25, 0.3) is 11.5 Å². The molecule has 1 aromatic carbocycles. The Bertz CT molecular complexity index is 872. The van der Waals surface area contributed by atoms with Crippen LogP contribution in [0.5, 0.6) is 0 Å². The summed E-state index contributed by atoms with van der Waals surface area (Å²) in [5.74, 6) is 0.877. The Labute approximate surface area is 149 Å². The van der Waals surface area contributed by atoms with Crippen LogP contribution >= 0.6 is 11.3 Å². The van der Waals surface area contributed by atoms with E-state index in [1.807, 2.05) is 14.0 Å². The first-order chi connectivity index (χ1) is 12.0. The molecule has 0 aliphatic carbocycles. The highest BCUT2D eigenvalue weighted by Gasteiger charge is 2.20. The molecular weight excluding hydrogens is 340 g/mol. The number of aryl methyl sites for hydroxylation is 1. The first kappa shape index (κ1) is 17.2. The number of aromatic nitrogens is 2. The maximum absolute atomic E-state index is 10.7. The third kappa shape index (κ3) is 3.75. The number of nitro groups is 1. The zero-order chi connectivity index (χ0) is 18.0. The van der Waals surface area contributed by atoms with Crippen molar-refractivity contribution in [1.82, 2.24) is 15.1 Å². The number of thiophene rings is 1. The van der Waals surface area contributed by atoms with Crippen molar-refractivity contribution in [2.75, 3.05) is 7.05 Å². The zero-order valence-electron chi connectivity index (χ0n) is 14.2. The fraction of sp³-hybridized carbons (Fsp3) is 0.294. The number of nitro benzene ring substituents is 1. The third-order valence-corrected chi connectivity index (χ3v) is 5.15. The highest BCUT2D eigenvalue weighted by Crippen LogP contribution is 2.27. The lowest BCUT2D eigenvalue weighted by atomic mass is 10.2. The van der Waals surface area contributed by atoms with Gasteiger partial charge in [-0.3, -0.25) is 15.0 Å². The number of non-ortho nitro benzene ring substituents is 1. The quantitative estimate of drug-likeness (QED) is 0.485. The number of hydrogen-bond donors (Lipinski definition) is 0. The minimum absolute atomic E-state index is 0.0305. The normalized spacial score (nSPS) is 12.5. The molecule has 1 atom stereocenters. The molecule has 0 aliphatic rings. The summed E-state index contributed by atoms with van der Waals surface area (Å²) >= 11 is 1.73. The molecule has 2 heterocycles. The van der Waals surface area contributed by atoms with Crippen LogP contribution in [0.3, 0.4) is 0 Å². The molecule has 7 nitrogen and oxygen atoms in total. The van der Waals surface area contributed by atoms with Gasteiger partial charge in [-0.1, -0.05) is 0 Å². The minimum atomic E-state index is -0.438. The van der Waals surface area contributed by atoms with Crippen molar-refractivity contribution < 1.29 is 9.34 Å². The molecule has 0 unspecified atom stereocenters. The average Bonchev–Trinajstić information content (AvgIpc) is 3.24. The second-order valence-corrected chi connectivity index (χ2v) is 6.87. The van der Waals surface area contributed by atoms with Gasteiger partial charge in [-0.15, -0.1) is 21.5 Å². The zero-order valence-corrected chi connectivity index (χ0v) is 15.0. The number of benzene rings is 1. The van der Waals surface area contributed by atoms with Crippen molar-refractivity contribution in [3.8, 4) is 11.5 Å². The minimum Gasteiger partial charge on any atom is -0.419 e. The van der Waals surface area contributed by atoms with Gasteiger partial charge in [0.25, 0.3) is 5.69 Å². The van der Waals surface area contributed by atoms with Gasteiger partial charge in [0.05, 0.1) is 11.0 Å². The van der Waals surface area contributed by atoms with Crippen LogP contribution in [0.15, 0.2) is 40.1 Å². The summed E-state index contributed by atoms with van der Waals surface area (Å²) in [5.41, 5.74) is 1.97. The Hall–Kier alpha value is -2.58. The van der Waals surface area contributed by atoms with Crippen molar-refractivity contribution in [3.63, 3.8) is 0 Å². The van der Waals surface area contributed by atoms with Crippen molar-refractivity contribution in [1.29, 1.82) is 0 Å². The van der Waals surface area contributed by atoms with E-state index in [2.05, 4.69) is 33.5 Å². The van der Waals surface area contributed by atoms with Gasteiger partial charge in [-0.2, -0.15) is 0 Å². The Morgan fingerprint density at radius 1 is 1.28 bits per heavy atom. The summed E-state index contributed by atoms with van der Waals surface area (Å²) < 4.78 is 5.77. The molecule has 0 radical (unpaired) electrons. The van der Waals surface area contributed by atoms with Crippen molar-refractivity contribution in [2.24, 2.45) is 0 Å². The Morgan fingerprint density at radius 2 is 2.00 bits per heavy atom. The average molecular weight is 358 g/mol. The molecule has 0 aliphatic heterocycles. The van der Waals surface area contributed by atoms with E-state index < -0.39 is 4.92 Å². The maximum Gasteiger partial charge on any atom is 0.269 e. The Morgan fingerprint density at radius 3 is 2.60 bits per heavy atom. The van der Waals surface area contributed by atoms with E-state index in [9.17, 15) is 10.1 Å². The summed E-state index contributed by atoms with van der Waals surface area (Å²) in [6, 6.07) is 8.14. The van der Waals surface area contributed by atoms with E-state index in [0.29, 0.717) is 17.3 Å². The first-order valence-electron chi connectivity index (χ1n) is 7.77. The predicted molar refractivity (Wildman–Crippen MR) is 95.3 cm³/mol. The highest BCUT2D eigenvalue weighted by molar-refractivity contribution is 7.10. The van der Waals surface area contributed by atoms with Crippen molar-refractivity contribution >= 4 is 17.0 Å². The summed E-state index contributed by atoms with van der Waals surface area (Å²) in [6.07, 6.45) is 0. The third-order valence-electron chi connectivity index (χ3n) is 4.15. The smallest absolute Gasteiger partial charge is 0.269 e. The van der Waals surface area contributed by atoms with Crippen molar-refractivity contribution in [3.05, 3.63) is 62.2 Å². The van der Waals surface area contributed by atoms with Crippen molar-refractivity contribution in [2.45, 2.75) is 26.4 Å². The Kier molecular flexibility index (Phi) is 4.91. The topological polar surface area (TPSA) is 85.3 Å². The lowest BCUT2D eigenvalue weighted by Gasteiger charge is -2.21. The van der Waals surface area contributed by atoms with E-state index in [-0.39, 0.29) is 11.7 Å². The van der Waals surface area contributed by atoms with Crippen LogP contribution in [-0.4, -0.2) is 27.1 Å². The molecule has 8 heteroatoms. The predicted octanol–water partition coefficient (Wildman–Crippen LogP) is 4.21. The van der Waals surface area contributed by atoms with Crippen LogP contribution in [0.4, 0.5) is 5.69 Å².